The van der Waals surface area contributed by atoms with Gasteiger partial charge in [-0.1, -0.05) is 35.3 Å². The minimum absolute atomic E-state index is 0.170. The predicted molar refractivity (Wildman–Crippen MR) is 140 cm³/mol. The van der Waals surface area contributed by atoms with Gasteiger partial charge in [-0.15, -0.1) is 0 Å². The molecule has 3 aromatic carbocycles. The molecule has 1 heterocycles. The first-order valence-electron chi connectivity index (χ1n) is 9.14. The van der Waals surface area contributed by atoms with Crippen molar-refractivity contribution in [2.75, 3.05) is 0 Å². The van der Waals surface area contributed by atoms with Gasteiger partial charge < -0.3 is 9.47 Å². The number of carbonyl (C=O) groups excluding carboxylic acids is 1. The van der Waals surface area contributed by atoms with Gasteiger partial charge in [0, 0.05) is 5.56 Å². The van der Waals surface area contributed by atoms with E-state index < -0.39 is 5.97 Å². The number of hydrogen-bond acceptors (Lipinski definition) is 4. The molecule has 1 aliphatic heterocycles. The topological polar surface area (TPSA) is 47.9 Å². The first kappa shape index (κ1) is 23.5. The van der Waals surface area contributed by atoms with E-state index in [9.17, 15) is 9.18 Å². The van der Waals surface area contributed by atoms with Crippen molar-refractivity contribution in [2.24, 2.45) is 4.99 Å². The molecule has 0 fully saturated rings. The third-order valence-electron chi connectivity index (χ3n) is 4.41. The Morgan fingerprint density at radius 1 is 1.00 bits per heavy atom. The summed E-state index contributed by atoms with van der Waals surface area (Å²) in [5, 5.41) is 0.752. The molecule has 0 N–H and O–H groups in total. The summed E-state index contributed by atoms with van der Waals surface area (Å²) in [6.07, 6.45) is 1.65. The van der Waals surface area contributed by atoms with Crippen LogP contribution in [0.5, 0.6) is 5.75 Å². The number of aliphatic imine (C=N–C) groups is 1. The van der Waals surface area contributed by atoms with Crippen LogP contribution in [-0.2, 0) is 16.1 Å². The fourth-order valence-electron chi connectivity index (χ4n) is 2.86. The molecule has 9 heteroatoms. The highest BCUT2D eigenvalue weighted by molar-refractivity contribution is 14.1. The first-order chi connectivity index (χ1) is 15.3. The molecule has 4 rings (SSSR count). The number of nitrogens with zero attached hydrogens (tertiary/aromatic N) is 1. The number of ether oxygens (including phenoxy) is 2. The van der Waals surface area contributed by atoms with Gasteiger partial charge in [0.1, 0.15) is 18.2 Å². The number of hydrogen-bond donors (Lipinski definition) is 0. The third kappa shape index (κ3) is 5.44. The van der Waals surface area contributed by atoms with Crippen LogP contribution in [0.2, 0.25) is 10.0 Å². The van der Waals surface area contributed by atoms with Gasteiger partial charge in [-0.05, 0) is 105 Å². The Hall–Kier alpha value is -1.69. The van der Waals surface area contributed by atoms with Gasteiger partial charge in [0.2, 0.25) is 5.90 Å². The molecule has 32 heavy (non-hydrogen) atoms. The number of carbonyl (C=O) groups is 1. The summed E-state index contributed by atoms with van der Waals surface area (Å²) in [5.41, 5.74) is 2.38. The van der Waals surface area contributed by atoms with E-state index in [1.807, 2.05) is 12.1 Å². The van der Waals surface area contributed by atoms with E-state index >= 15 is 0 Å². The molecule has 0 aliphatic carbocycles. The molecule has 4 nitrogen and oxygen atoms in total. The lowest BCUT2D eigenvalue weighted by Crippen LogP contribution is -2.05. The lowest BCUT2D eigenvalue weighted by molar-refractivity contribution is -0.129. The average Bonchev–Trinajstić information content (AvgIpc) is 3.11. The molecule has 0 unspecified atom stereocenters. The quantitative estimate of drug-likeness (QED) is 0.161. The van der Waals surface area contributed by atoms with Gasteiger partial charge in [0.15, 0.2) is 5.70 Å². The Labute approximate surface area is 220 Å². The van der Waals surface area contributed by atoms with Crippen LogP contribution >= 0.6 is 68.4 Å². The maximum Gasteiger partial charge on any atom is 0.363 e. The van der Waals surface area contributed by atoms with Crippen LogP contribution < -0.4 is 4.74 Å². The summed E-state index contributed by atoms with van der Waals surface area (Å²) < 4.78 is 26.0. The van der Waals surface area contributed by atoms with Crippen molar-refractivity contribution in [1.29, 1.82) is 0 Å². The Morgan fingerprint density at radius 2 is 1.69 bits per heavy atom. The molecule has 0 amide bonds. The van der Waals surface area contributed by atoms with Crippen molar-refractivity contribution in [2.45, 2.75) is 6.61 Å². The highest BCUT2D eigenvalue weighted by atomic mass is 127. The summed E-state index contributed by atoms with van der Waals surface area (Å²) in [4.78, 5) is 16.6. The Kier molecular flexibility index (Phi) is 7.38. The van der Waals surface area contributed by atoms with Gasteiger partial charge in [-0.2, -0.15) is 0 Å². The minimum atomic E-state index is -0.548. The van der Waals surface area contributed by atoms with Crippen molar-refractivity contribution < 1.29 is 18.7 Å². The number of cyclic esters (lactones) is 1. The molecule has 0 saturated carbocycles. The second-order valence-electron chi connectivity index (χ2n) is 6.69. The van der Waals surface area contributed by atoms with Gasteiger partial charge in [-0.25, -0.2) is 14.2 Å². The molecule has 0 atom stereocenters. The number of halogens is 5. The van der Waals surface area contributed by atoms with Gasteiger partial charge in [0.25, 0.3) is 0 Å². The van der Waals surface area contributed by atoms with Crippen molar-refractivity contribution in [3.05, 3.63) is 100.0 Å². The third-order valence-corrected chi connectivity index (χ3v) is 6.75. The van der Waals surface area contributed by atoms with Gasteiger partial charge >= 0.3 is 5.97 Å². The van der Waals surface area contributed by atoms with Gasteiger partial charge in [-0.3, -0.25) is 0 Å². The number of rotatable bonds is 5. The monoisotopic (exact) mass is 693 g/mol. The van der Waals surface area contributed by atoms with Crippen molar-refractivity contribution in [1.82, 2.24) is 0 Å². The normalized spacial score (nSPS) is 14.5. The van der Waals surface area contributed by atoms with Crippen LogP contribution in [0.15, 0.2) is 65.3 Å². The first-order valence-corrected chi connectivity index (χ1v) is 12.1. The lowest BCUT2D eigenvalue weighted by atomic mass is 10.2. The van der Waals surface area contributed by atoms with Crippen LogP contribution in [0.3, 0.4) is 0 Å². The van der Waals surface area contributed by atoms with Crippen LogP contribution in [0.1, 0.15) is 16.7 Å². The molecular formula is C23H12Cl2FI2NO3. The minimum Gasteiger partial charge on any atom is -0.487 e. The summed E-state index contributed by atoms with van der Waals surface area (Å²) in [7, 11) is 0. The molecule has 1 aliphatic rings. The molecule has 0 saturated heterocycles. The zero-order valence-corrected chi connectivity index (χ0v) is 21.9. The Balaban J connectivity index is 1.55. The molecule has 0 spiro atoms. The van der Waals surface area contributed by atoms with E-state index in [0.717, 1.165) is 18.3 Å². The number of esters is 1. The van der Waals surface area contributed by atoms with Gasteiger partial charge in [0.05, 0.1) is 17.2 Å². The van der Waals surface area contributed by atoms with E-state index in [2.05, 4.69) is 50.2 Å². The highest BCUT2D eigenvalue weighted by Crippen LogP contribution is 2.31. The highest BCUT2D eigenvalue weighted by Gasteiger charge is 2.25. The fourth-order valence-corrected chi connectivity index (χ4v) is 5.28. The Bertz CT molecular complexity index is 1250. The SMILES string of the molecule is O=C1OC(c2ccc(Cl)c(Cl)c2)=N/C1=C\c1cc(I)c(OCc2ccc(F)cc2)c(I)c1. The summed E-state index contributed by atoms with van der Waals surface area (Å²) in [6, 6.07) is 14.8. The zero-order valence-electron chi connectivity index (χ0n) is 16.0. The van der Waals surface area contributed by atoms with E-state index in [0.29, 0.717) is 28.0 Å². The van der Waals surface area contributed by atoms with Crippen LogP contribution in [0.25, 0.3) is 6.08 Å². The molecule has 0 radical (unpaired) electrons. The van der Waals surface area contributed by atoms with Crippen molar-refractivity contribution in [3.8, 4) is 5.75 Å². The second kappa shape index (κ2) is 10.1. The molecule has 162 valence electrons. The molecule has 0 aromatic heterocycles. The fraction of sp³-hybridized carbons (Fsp3) is 0.0435. The van der Waals surface area contributed by atoms with Crippen molar-refractivity contribution in [3.63, 3.8) is 0 Å². The average molecular weight is 694 g/mol. The van der Waals surface area contributed by atoms with Crippen molar-refractivity contribution >= 4 is 86.3 Å². The standard InChI is InChI=1S/C23H12Cl2FI2NO3/c24-16-6-3-14(10-17(16)25)22-29-20(23(30)32-22)9-13-7-18(27)21(19(28)8-13)31-11-12-1-4-15(26)5-2-12/h1-10H,11H2/b20-9-. The number of benzene rings is 3. The lowest BCUT2D eigenvalue weighted by Gasteiger charge is -2.11. The zero-order chi connectivity index (χ0) is 22.8. The predicted octanol–water partition coefficient (Wildman–Crippen LogP) is 7.27. The largest absolute Gasteiger partial charge is 0.487 e. The van der Waals surface area contributed by atoms with E-state index in [-0.39, 0.29) is 17.4 Å². The summed E-state index contributed by atoms with van der Waals surface area (Å²) in [6.45, 7) is 0.316. The summed E-state index contributed by atoms with van der Waals surface area (Å²) >= 11 is 16.3. The molecule has 3 aromatic rings. The summed E-state index contributed by atoms with van der Waals surface area (Å²) in [5.74, 6) is 0.0496. The molecule has 0 bridgehead atoms. The van der Waals surface area contributed by atoms with E-state index in [1.54, 1.807) is 36.4 Å². The van der Waals surface area contributed by atoms with Crippen LogP contribution in [-0.4, -0.2) is 11.9 Å². The van der Waals surface area contributed by atoms with Crippen LogP contribution in [0.4, 0.5) is 4.39 Å². The Morgan fingerprint density at radius 3 is 2.34 bits per heavy atom. The maximum atomic E-state index is 13.1. The maximum absolute atomic E-state index is 13.1. The molecular weight excluding hydrogens is 682 g/mol. The second-order valence-corrected chi connectivity index (χ2v) is 9.83. The van der Waals surface area contributed by atoms with E-state index in [4.69, 9.17) is 32.7 Å². The van der Waals surface area contributed by atoms with E-state index in [1.165, 1.54) is 12.1 Å². The smallest absolute Gasteiger partial charge is 0.363 e. The van der Waals surface area contributed by atoms with Crippen LogP contribution in [0, 0.1) is 13.0 Å².